The molecule has 38 heavy (non-hydrogen) atoms. The van der Waals surface area contributed by atoms with Gasteiger partial charge in [-0.1, -0.05) is 63.2 Å². The van der Waals surface area contributed by atoms with Crippen LogP contribution < -0.4 is 10.6 Å². The second kappa shape index (κ2) is 9.17. The monoisotopic (exact) mass is 514 g/mol. The second-order valence-corrected chi connectivity index (χ2v) is 10.3. The zero-order valence-corrected chi connectivity index (χ0v) is 21.0. The van der Waals surface area contributed by atoms with E-state index in [4.69, 9.17) is 0 Å². The Labute approximate surface area is 218 Å². The molecule has 1 aliphatic rings. The number of carbonyl (C=O) groups is 2. The molecule has 4 nitrogen and oxygen atoms in total. The maximum absolute atomic E-state index is 13.7. The van der Waals surface area contributed by atoms with E-state index < -0.39 is 11.7 Å². The third kappa shape index (κ3) is 4.67. The van der Waals surface area contributed by atoms with Crippen molar-refractivity contribution in [2.75, 3.05) is 10.6 Å². The maximum Gasteiger partial charge on any atom is 0.416 e. The number of rotatable bonds is 4. The number of ketones is 2. The van der Waals surface area contributed by atoms with E-state index >= 15 is 0 Å². The number of alkyl halides is 3. The molecule has 7 heteroatoms. The smallest absolute Gasteiger partial charge is 0.355 e. The molecule has 0 unspecified atom stereocenters. The molecule has 0 bridgehead atoms. The van der Waals surface area contributed by atoms with Crippen molar-refractivity contribution in [1.29, 1.82) is 0 Å². The van der Waals surface area contributed by atoms with E-state index in [1.54, 1.807) is 36.4 Å². The molecule has 0 aliphatic heterocycles. The van der Waals surface area contributed by atoms with Gasteiger partial charge in [0, 0.05) is 22.5 Å². The molecule has 0 atom stereocenters. The van der Waals surface area contributed by atoms with Crippen molar-refractivity contribution in [1.82, 2.24) is 0 Å². The van der Waals surface area contributed by atoms with Crippen LogP contribution in [0.3, 0.4) is 0 Å². The van der Waals surface area contributed by atoms with Gasteiger partial charge in [0.2, 0.25) is 0 Å². The van der Waals surface area contributed by atoms with Gasteiger partial charge in [0.15, 0.2) is 11.6 Å². The van der Waals surface area contributed by atoms with Crippen LogP contribution in [-0.2, 0) is 11.6 Å². The summed E-state index contributed by atoms with van der Waals surface area (Å²) in [6.45, 7) is 6.38. The highest BCUT2D eigenvalue weighted by molar-refractivity contribution is 6.32. The summed E-state index contributed by atoms with van der Waals surface area (Å²) in [6, 6.07) is 22.4. The lowest BCUT2D eigenvalue weighted by molar-refractivity contribution is -0.137. The summed E-state index contributed by atoms with van der Waals surface area (Å²) in [5.74, 6) is -0.715. The van der Waals surface area contributed by atoms with Crippen molar-refractivity contribution >= 4 is 34.3 Å². The zero-order valence-electron chi connectivity index (χ0n) is 21.0. The standard InChI is InChI=1S/C31H25F3N2O2/c1-30(2,3)18-13-15-20(16-14-18)35-24-11-5-9-22-26(24)28(37)23-10-6-12-25(27(23)29(22)38)36-21-8-4-7-19(17-21)31(32,33)34/h4-17,35-36H,1-3H3. The van der Waals surface area contributed by atoms with Crippen molar-refractivity contribution < 1.29 is 22.8 Å². The lowest BCUT2D eigenvalue weighted by Gasteiger charge is -2.23. The highest BCUT2D eigenvalue weighted by Gasteiger charge is 2.34. The number of nitrogens with one attached hydrogen (secondary N) is 2. The molecule has 4 aromatic rings. The van der Waals surface area contributed by atoms with Gasteiger partial charge >= 0.3 is 6.18 Å². The lowest BCUT2D eigenvalue weighted by Crippen LogP contribution is -2.23. The first kappa shape index (κ1) is 25.3. The van der Waals surface area contributed by atoms with Crippen molar-refractivity contribution in [2.24, 2.45) is 0 Å². The Morgan fingerprint density at radius 1 is 0.579 bits per heavy atom. The Hall–Kier alpha value is -4.39. The molecule has 4 aromatic carbocycles. The molecule has 0 fully saturated rings. The number of halogens is 3. The molecule has 1 aliphatic carbocycles. The van der Waals surface area contributed by atoms with Gasteiger partial charge in [0.05, 0.1) is 28.1 Å². The molecule has 5 rings (SSSR count). The van der Waals surface area contributed by atoms with E-state index in [1.165, 1.54) is 17.7 Å². The van der Waals surface area contributed by atoms with Crippen LogP contribution in [0.2, 0.25) is 0 Å². The molecule has 0 saturated heterocycles. The molecule has 0 saturated carbocycles. The third-order valence-corrected chi connectivity index (χ3v) is 6.57. The number of benzene rings is 4. The molecular formula is C31H25F3N2O2. The molecule has 192 valence electrons. The minimum Gasteiger partial charge on any atom is -0.355 e. The van der Waals surface area contributed by atoms with E-state index in [9.17, 15) is 22.8 Å². The topological polar surface area (TPSA) is 58.2 Å². The van der Waals surface area contributed by atoms with E-state index in [0.29, 0.717) is 5.69 Å². The average Bonchev–Trinajstić information content (AvgIpc) is 2.86. The Morgan fingerprint density at radius 3 is 1.58 bits per heavy atom. The number of anilines is 4. The zero-order chi connectivity index (χ0) is 27.2. The Kier molecular flexibility index (Phi) is 6.10. The van der Waals surface area contributed by atoms with Gasteiger partial charge in [-0.15, -0.1) is 0 Å². The highest BCUT2D eigenvalue weighted by atomic mass is 19.4. The molecule has 0 radical (unpaired) electrons. The first-order chi connectivity index (χ1) is 17.9. The number of hydrogen-bond acceptors (Lipinski definition) is 4. The predicted octanol–water partition coefficient (Wildman–Crippen LogP) is 8.27. The van der Waals surface area contributed by atoms with Crippen LogP contribution in [-0.4, -0.2) is 11.6 Å². The van der Waals surface area contributed by atoms with Crippen LogP contribution in [0.5, 0.6) is 0 Å². The summed E-state index contributed by atoms with van der Waals surface area (Å²) < 4.78 is 39.6. The second-order valence-electron chi connectivity index (χ2n) is 10.3. The lowest BCUT2D eigenvalue weighted by atomic mass is 9.82. The van der Waals surface area contributed by atoms with E-state index in [-0.39, 0.29) is 50.6 Å². The Morgan fingerprint density at radius 2 is 1.08 bits per heavy atom. The Bertz CT molecular complexity index is 1570. The van der Waals surface area contributed by atoms with Gasteiger partial charge in [0.1, 0.15) is 0 Å². The van der Waals surface area contributed by atoms with E-state index in [0.717, 1.165) is 17.8 Å². The van der Waals surface area contributed by atoms with Crippen LogP contribution in [0.4, 0.5) is 35.9 Å². The minimum absolute atomic E-state index is 0.00363. The largest absolute Gasteiger partial charge is 0.416 e. The van der Waals surface area contributed by atoms with E-state index in [1.807, 2.05) is 24.3 Å². The summed E-state index contributed by atoms with van der Waals surface area (Å²) >= 11 is 0. The van der Waals surface area contributed by atoms with Gasteiger partial charge in [-0.3, -0.25) is 9.59 Å². The quantitative estimate of drug-likeness (QED) is 0.253. The van der Waals surface area contributed by atoms with Gasteiger partial charge in [-0.25, -0.2) is 0 Å². The van der Waals surface area contributed by atoms with Gasteiger partial charge in [-0.2, -0.15) is 13.2 Å². The fourth-order valence-corrected chi connectivity index (χ4v) is 4.59. The molecule has 0 heterocycles. The minimum atomic E-state index is -4.50. The molecule has 0 amide bonds. The van der Waals surface area contributed by atoms with Crippen LogP contribution >= 0.6 is 0 Å². The SMILES string of the molecule is CC(C)(C)c1ccc(Nc2cccc3c2C(=O)c2cccc(Nc4cccc(C(F)(F)F)c4)c2C3=O)cc1. The van der Waals surface area contributed by atoms with Crippen LogP contribution in [0, 0.1) is 0 Å². The third-order valence-electron chi connectivity index (χ3n) is 6.57. The fourth-order valence-electron chi connectivity index (χ4n) is 4.59. The molecule has 0 aromatic heterocycles. The summed E-state index contributed by atoms with van der Waals surface area (Å²) in [7, 11) is 0. The maximum atomic E-state index is 13.7. The number of carbonyl (C=O) groups excluding carboxylic acids is 2. The first-order valence-corrected chi connectivity index (χ1v) is 12.1. The van der Waals surface area contributed by atoms with Crippen molar-refractivity contribution in [3.63, 3.8) is 0 Å². The van der Waals surface area contributed by atoms with E-state index in [2.05, 4.69) is 31.4 Å². The summed E-state index contributed by atoms with van der Waals surface area (Å²) in [5, 5.41) is 6.18. The normalized spacial score (nSPS) is 13.1. The van der Waals surface area contributed by atoms with Gasteiger partial charge in [-0.05, 0) is 53.4 Å². The fraction of sp³-hybridized carbons (Fsp3) is 0.161. The number of hydrogen-bond donors (Lipinski definition) is 2. The first-order valence-electron chi connectivity index (χ1n) is 12.1. The summed E-state index contributed by atoms with van der Waals surface area (Å²) in [6.07, 6.45) is -4.50. The van der Waals surface area contributed by atoms with Gasteiger partial charge in [0.25, 0.3) is 0 Å². The van der Waals surface area contributed by atoms with Gasteiger partial charge < -0.3 is 10.6 Å². The number of fused-ring (bicyclic) bond motifs is 2. The molecule has 2 N–H and O–H groups in total. The van der Waals surface area contributed by atoms with Crippen molar-refractivity contribution in [3.8, 4) is 0 Å². The highest BCUT2D eigenvalue weighted by Crippen LogP contribution is 2.38. The van der Waals surface area contributed by atoms with Crippen molar-refractivity contribution in [2.45, 2.75) is 32.4 Å². The average molecular weight is 515 g/mol. The van der Waals surface area contributed by atoms with Crippen molar-refractivity contribution in [3.05, 3.63) is 118 Å². The summed E-state index contributed by atoms with van der Waals surface area (Å²) in [4.78, 5) is 27.3. The molecule has 0 spiro atoms. The Balaban J connectivity index is 1.50. The van der Waals surface area contributed by atoms with Crippen LogP contribution in [0.1, 0.15) is 63.7 Å². The molecular weight excluding hydrogens is 489 g/mol. The predicted molar refractivity (Wildman–Crippen MR) is 143 cm³/mol. The van der Waals surface area contributed by atoms with Crippen LogP contribution in [0.15, 0.2) is 84.9 Å². The van der Waals surface area contributed by atoms with Crippen LogP contribution in [0.25, 0.3) is 0 Å². The summed E-state index contributed by atoms with van der Waals surface area (Å²) in [5.41, 5.74) is 2.88.